The maximum atomic E-state index is 13.5. The summed E-state index contributed by atoms with van der Waals surface area (Å²) in [5, 5.41) is 11.4. The lowest BCUT2D eigenvalue weighted by Crippen LogP contribution is -2.44. The molecular weight excluding hydrogens is 518 g/mol. The van der Waals surface area contributed by atoms with E-state index in [4.69, 9.17) is 16.3 Å². The van der Waals surface area contributed by atoms with Gasteiger partial charge in [-0.05, 0) is 42.0 Å². The Bertz CT molecular complexity index is 1530. The summed E-state index contributed by atoms with van der Waals surface area (Å²) in [6.07, 6.45) is 3.42. The number of hydrogen-bond donors (Lipinski definition) is 2. The fourth-order valence-electron chi connectivity index (χ4n) is 4.94. The van der Waals surface area contributed by atoms with E-state index in [0.29, 0.717) is 48.2 Å². The summed E-state index contributed by atoms with van der Waals surface area (Å²) >= 11 is 6.20. The number of carbonyl (C=O) groups is 2. The molecule has 4 aromatic rings. The maximum absolute atomic E-state index is 13.5. The first-order chi connectivity index (χ1) is 19.1. The number of fused-ring (bicyclic) bond motifs is 1. The van der Waals surface area contributed by atoms with Crippen molar-refractivity contribution in [3.05, 3.63) is 77.2 Å². The van der Waals surface area contributed by atoms with Crippen LogP contribution in [0.5, 0.6) is 0 Å². The number of amides is 2. The van der Waals surface area contributed by atoms with Crippen molar-refractivity contribution in [3.63, 3.8) is 0 Å². The number of nitrogens with one attached hydrogen (secondary N) is 2. The molecule has 2 N–H and O–H groups in total. The highest BCUT2D eigenvalue weighted by atomic mass is 35.5. The van der Waals surface area contributed by atoms with Crippen LogP contribution in [0.15, 0.2) is 60.9 Å². The number of rotatable bonds is 5. The van der Waals surface area contributed by atoms with Crippen LogP contribution in [0.3, 0.4) is 0 Å². The number of nitrogens with zero attached hydrogens (tertiary/aromatic N) is 5. The van der Waals surface area contributed by atoms with Gasteiger partial charge in [0.05, 0.1) is 30.8 Å². The lowest BCUT2D eigenvalue weighted by atomic mass is 10.1. The van der Waals surface area contributed by atoms with Gasteiger partial charge in [0.1, 0.15) is 5.69 Å². The van der Waals surface area contributed by atoms with Crippen LogP contribution in [0.4, 0.5) is 11.4 Å². The Labute approximate surface area is 230 Å². The normalized spacial score (nSPS) is 15.9. The smallest absolute Gasteiger partial charge is 0.274 e. The molecule has 2 amide bonds. The molecule has 11 heteroatoms. The minimum atomic E-state index is -0.372. The van der Waals surface area contributed by atoms with E-state index in [-0.39, 0.29) is 17.5 Å². The zero-order valence-electron chi connectivity index (χ0n) is 21.3. The largest absolute Gasteiger partial charge is 0.378 e. The van der Waals surface area contributed by atoms with E-state index in [1.54, 1.807) is 40.0 Å². The van der Waals surface area contributed by atoms with Gasteiger partial charge in [-0.3, -0.25) is 9.59 Å². The molecule has 0 unspecified atom stereocenters. The molecule has 0 bridgehead atoms. The molecule has 0 radical (unpaired) electrons. The number of carbonyl (C=O) groups excluding carboxylic acids is 2. The molecule has 2 saturated heterocycles. The maximum Gasteiger partial charge on any atom is 0.274 e. The molecule has 39 heavy (non-hydrogen) atoms. The summed E-state index contributed by atoms with van der Waals surface area (Å²) in [5.41, 5.74) is 4.38. The van der Waals surface area contributed by atoms with Crippen LogP contribution in [0.2, 0.25) is 5.02 Å². The van der Waals surface area contributed by atoms with Gasteiger partial charge in [0.25, 0.3) is 11.8 Å². The van der Waals surface area contributed by atoms with Crippen molar-refractivity contribution in [1.82, 2.24) is 24.8 Å². The highest BCUT2D eigenvalue weighted by Gasteiger charge is 2.23. The average molecular weight is 546 g/mol. The molecule has 200 valence electrons. The summed E-state index contributed by atoms with van der Waals surface area (Å²) in [6.45, 7) is 5.41. The van der Waals surface area contributed by atoms with E-state index in [1.807, 2.05) is 30.3 Å². The minimum Gasteiger partial charge on any atom is -0.378 e. The zero-order chi connectivity index (χ0) is 26.8. The highest BCUT2D eigenvalue weighted by Crippen LogP contribution is 2.30. The first-order valence-corrected chi connectivity index (χ1v) is 13.3. The molecule has 6 rings (SSSR count). The highest BCUT2D eigenvalue weighted by molar-refractivity contribution is 6.30. The van der Waals surface area contributed by atoms with Crippen LogP contribution in [0.25, 0.3) is 16.8 Å². The average Bonchev–Trinajstić information content (AvgIpc) is 3.41. The van der Waals surface area contributed by atoms with E-state index >= 15 is 0 Å². The van der Waals surface area contributed by atoms with E-state index in [1.165, 1.54) is 0 Å². The Morgan fingerprint density at radius 1 is 1.00 bits per heavy atom. The Morgan fingerprint density at radius 3 is 2.62 bits per heavy atom. The summed E-state index contributed by atoms with van der Waals surface area (Å²) in [6, 6.07) is 14.6. The van der Waals surface area contributed by atoms with Crippen LogP contribution in [0, 0.1) is 0 Å². The van der Waals surface area contributed by atoms with E-state index in [0.717, 1.165) is 43.0 Å². The van der Waals surface area contributed by atoms with Crippen molar-refractivity contribution in [1.29, 1.82) is 0 Å². The molecule has 2 aliphatic heterocycles. The molecular formula is C28H28ClN7O3. The zero-order valence-corrected chi connectivity index (χ0v) is 22.0. The number of aromatic nitrogens is 3. The van der Waals surface area contributed by atoms with Crippen LogP contribution >= 0.6 is 11.6 Å². The minimum absolute atomic E-state index is 0.0781. The lowest BCUT2D eigenvalue weighted by Gasteiger charge is -2.32. The van der Waals surface area contributed by atoms with Crippen molar-refractivity contribution in [3.8, 4) is 11.1 Å². The molecule has 2 aromatic carbocycles. The molecule has 2 aliphatic rings. The van der Waals surface area contributed by atoms with Gasteiger partial charge in [0.15, 0.2) is 5.65 Å². The molecule has 0 spiro atoms. The number of anilines is 2. The van der Waals surface area contributed by atoms with Crippen molar-refractivity contribution in [2.24, 2.45) is 0 Å². The van der Waals surface area contributed by atoms with Crippen LogP contribution in [0.1, 0.15) is 20.8 Å². The Kier molecular flexibility index (Phi) is 7.14. The lowest BCUT2D eigenvalue weighted by molar-refractivity contribution is 0.0303. The number of hydrogen-bond acceptors (Lipinski definition) is 7. The van der Waals surface area contributed by atoms with Gasteiger partial charge >= 0.3 is 0 Å². The van der Waals surface area contributed by atoms with Gasteiger partial charge in [0, 0.05) is 61.6 Å². The van der Waals surface area contributed by atoms with Gasteiger partial charge in [-0.25, -0.2) is 9.50 Å². The Hall–Kier alpha value is -3.99. The van der Waals surface area contributed by atoms with Crippen molar-refractivity contribution in [2.45, 2.75) is 0 Å². The first kappa shape index (κ1) is 25.3. The number of halogens is 1. The van der Waals surface area contributed by atoms with Crippen molar-refractivity contribution < 1.29 is 14.3 Å². The van der Waals surface area contributed by atoms with Gasteiger partial charge < -0.3 is 25.2 Å². The molecule has 2 aromatic heterocycles. The second-order valence-electron chi connectivity index (χ2n) is 9.48. The predicted octanol–water partition coefficient (Wildman–Crippen LogP) is 3.18. The van der Waals surface area contributed by atoms with Gasteiger partial charge in [0.2, 0.25) is 0 Å². The molecule has 0 atom stereocenters. The third kappa shape index (κ3) is 5.31. The summed E-state index contributed by atoms with van der Waals surface area (Å²) in [5.74, 6) is -0.450. The molecule has 4 heterocycles. The first-order valence-electron chi connectivity index (χ1n) is 13.0. The number of morpholine rings is 1. The molecule has 0 saturated carbocycles. The summed E-state index contributed by atoms with van der Waals surface area (Å²) < 4.78 is 7.02. The molecule has 2 fully saturated rings. The fourth-order valence-corrected chi connectivity index (χ4v) is 5.13. The van der Waals surface area contributed by atoms with Crippen molar-refractivity contribution in [2.75, 3.05) is 62.7 Å². The van der Waals surface area contributed by atoms with Crippen LogP contribution in [-0.4, -0.2) is 83.8 Å². The van der Waals surface area contributed by atoms with Gasteiger partial charge in [-0.1, -0.05) is 23.7 Å². The number of benzene rings is 2. The van der Waals surface area contributed by atoms with E-state index in [2.05, 4.69) is 25.6 Å². The van der Waals surface area contributed by atoms with Gasteiger partial charge in [-0.15, -0.1) is 0 Å². The third-order valence-corrected chi connectivity index (χ3v) is 7.22. The SMILES string of the molecule is O=C(Nc1cc(C(=O)N2CCOCC2)ccc1N1CCNCC1)c1ccn2ncc(-c3cccc(Cl)c3)c2n1. The Balaban J connectivity index is 1.32. The number of piperazine rings is 1. The Morgan fingerprint density at radius 2 is 1.82 bits per heavy atom. The van der Waals surface area contributed by atoms with Crippen molar-refractivity contribution >= 4 is 40.4 Å². The third-order valence-electron chi connectivity index (χ3n) is 6.99. The van der Waals surface area contributed by atoms with Gasteiger partial charge in [-0.2, -0.15) is 5.10 Å². The van der Waals surface area contributed by atoms with Crippen LogP contribution < -0.4 is 15.5 Å². The molecule has 10 nitrogen and oxygen atoms in total. The van der Waals surface area contributed by atoms with E-state index < -0.39 is 0 Å². The second-order valence-corrected chi connectivity index (χ2v) is 9.91. The quantitative estimate of drug-likeness (QED) is 0.397. The standard InChI is InChI=1S/C28H28ClN7O3/c29-21-3-1-2-19(16-21)22-18-31-36-9-6-23(32-26(22)36)27(37)33-24-17-20(28(38)35-12-14-39-15-13-35)4-5-25(24)34-10-7-30-8-11-34/h1-6,9,16-18,30H,7-8,10-15H2,(H,33,37). The monoisotopic (exact) mass is 545 g/mol. The summed E-state index contributed by atoms with van der Waals surface area (Å²) in [7, 11) is 0. The second kappa shape index (κ2) is 11.0. The predicted molar refractivity (Wildman–Crippen MR) is 150 cm³/mol. The fraction of sp³-hybridized carbons (Fsp3) is 0.286. The number of ether oxygens (including phenoxy) is 1. The summed E-state index contributed by atoms with van der Waals surface area (Å²) in [4.78, 5) is 35.4. The van der Waals surface area contributed by atoms with E-state index in [9.17, 15) is 9.59 Å². The molecule has 0 aliphatic carbocycles. The topological polar surface area (TPSA) is 104 Å². The van der Waals surface area contributed by atoms with Crippen LogP contribution in [-0.2, 0) is 4.74 Å².